The van der Waals surface area contributed by atoms with Crippen LogP contribution >= 0.6 is 11.6 Å². The number of nitrogens with two attached hydrogens (primary N) is 1. The van der Waals surface area contributed by atoms with Gasteiger partial charge >= 0.3 is 0 Å². The lowest BCUT2D eigenvalue weighted by Crippen LogP contribution is -2.24. The number of nitrogens with one attached hydrogen (secondary N) is 1. The molecule has 114 valence electrons. The number of benzene rings is 1. The summed E-state index contributed by atoms with van der Waals surface area (Å²) < 4.78 is 10.5. The van der Waals surface area contributed by atoms with Crippen LogP contribution in [0.15, 0.2) is 30.5 Å². The van der Waals surface area contributed by atoms with Gasteiger partial charge in [0.15, 0.2) is 11.5 Å². The van der Waals surface area contributed by atoms with Crippen molar-refractivity contribution in [1.29, 1.82) is 0 Å². The summed E-state index contributed by atoms with van der Waals surface area (Å²) in [6.07, 6.45) is 1.84. The molecule has 3 rings (SSSR count). The van der Waals surface area contributed by atoms with Gasteiger partial charge in [-0.15, -0.1) is 0 Å². The molecule has 0 unspecified atom stereocenters. The molecule has 3 N–H and O–H groups in total. The van der Waals surface area contributed by atoms with Crippen LogP contribution in [0.4, 0.5) is 5.82 Å². The first-order chi connectivity index (χ1) is 10.6. The van der Waals surface area contributed by atoms with E-state index in [9.17, 15) is 4.79 Å². The second-order valence-electron chi connectivity index (χ2n) is 4.86. The molecule has 0 fully saturated rings. The van der Waals surface area contributed by atoms with Crippen LogP contribution in [0, 0.1) is 0 Å². The number of halogens is 1. The number of nitrogen functional groups attached to an aromatic ring is 1. The van der Waals surface area contributed by atoms with Crippen molar-refractivity contribution in [3.63, 3.8) is 0 Å². The van der Waals surface area contributed by atoms with Gasteiger partial charge in [0.05, 0.1) is 11.4 Å². The summed E-state index contributed by atoms with van der Waals surface area (Å²) in [5.74, 6) is 1.42. The summed E-state index contributed by atoms with van der Waals surface area (Å²) in [6.45, 7) is 0.541. The highest BCUT2D eigenvalue weighted by Gasteiger charge is 2.19. The number of hydrogen-bond acceptors (Lipinski definition) is 5. The number of fused-ring (bicyclic) bond motifs is 1. The Labute approximate surface area is 132 Å². The van der Waals surface area contributed by atoms with Crippen LogP contribution in [0.25, 0.3) is 0 Å². The van der Waals surface area contributed by atoms with Crippen molar-refractivity contribution in [3.05, 3.63) is 46.6 Å². The maximum Gasteiger partial charge on any atom is 0.231 e. The predicted molar refractivity (Wildman–Crippen MR) is 81.8 cm³/mol. The summed E-state index contributed by atoms with van der Waals surface area (Å²) >= 11 is 6.09. The Morgan fingerprint density at radius 2 is 2.18 bits per heavy atom. The number of carbonyl (C=O) groups excluding carboxylic acids is 1. The predicted octanol–water partition coefficient (Wildman–Crippen LogP) is 1.90. The lowest BCUT2D eigenvalue weighted by atomic mass is 10.1. The number of ether oxygens (including phenoxy) is 2. The van der Waals surface area contributed by atoms with E-state index in [1.807, 2.05) is 6.07 Å². The summed E-state index contributed by atoms with van der Waals surface area (Å²) in [6, 6.07) is 6.98. The van der Waals surface area contributed by atoms with Gasteiger partial charge in [0.25, 0.3) is 0 Å². The van der Waals surface area contributed by atoms with Crippen LogP contribution in [0.5, 0.6) is 11.5 Å². The number of nitrogens with zero attached hydrogens (tertiary/aromatic N) is 1. The molecule has 7 heteroatoms. The molecule has 0 atom stereocenters. The zero-order valence-corrected chi connectivity index (χ0v) is 12.4. The molecule has 1 aromatic carbocycles. The minimum Gasteiger partial charge on any atom is -0.454 e. The average Bonchev–Trinajstić information content (AvgIpc) is 2.95. The Balaban J connectivity index is 1.60. The first-order valence-corrected chi connectivity index (χ1v) is 7.05. The van der Waals surface area contributed by atoms with Crippen LogP contribution in [0.1, 0.15) is 11.1 Å². The topological polar surface area (TPSA) is 86.5 Å². The molecular formula is C15H14ClN3O3. The average molecular weight is 320 g/mol. The number of amides is 1. The molecule has 22 heavy (non-hydrogen) atoms. The molecule has 0 radical (unpaired) electrons. The third kappa shape index (κ3) is 3.23. The minimum atomic E-state index is -0.119. The van der Waals surface area contributed by atoms with Crippen LogP contribution in [0.2, 0.25) is 5.02 Å². The summed E-state index contributed by atoms with van der Waals surface area (Å²) in [4.78, 5) is 16.0. The van der Waals surface area contributed by atoms with E-state index in [1.165, 1.54) is 0 Å². The highest BCUT2D eigenvalue weighted by Crippen LogP contribution is 2.39. The zero-order chi connectivity index (χ0) is 15.5. The van der Waals surface area contributed by atoms with Gasteiger partial charge in [0.2, 0.25) is 12.7 Å². The van der Waals surface area contributed by atoms with Gasteiger partial charge in [-0.2, -0.15) is 0 Å². The van der Waals surface area contributed by atoms with Crippen LogP contribution in [-0.2, 0) is 17.8 Å². The second kappa shape index (κ2) is 6.11. The van der Waals surface area contributed by atoms with Crippen molar-refractivity contribution < 1.29 is 14.3 Å². The zero-order valence-electron chi connectivity index (χ0n) is 11.6. The number of pyridine rings is 1. The van der Waals surface area contributed by atoms with Gasteiger partial charge in [0, 0.05) is 12.7 Å². The number of anilines is 1. The number of hydrogen-bond donors (Lipinski definition) is 2. The Bertz CT molecular complexity index is 704. The fourth-order valence-electron chi connectivity index (χ4n) is 2.11. The Kier molecular flexibility index (Phi) is 4.02. The van der Waals surface area contributed by atoms with Crippen LogP contribution in [-0.4, -0.2) is 17.7 Å². The van der Waals surface area contributed by atoms with E-state index in [0.29, 0.717) is 28.9 Å². The molecule has 1 aliphatic rings. The SMILES string of the molecule is Nc1ccc(CNC(=O)Cc2cc(Cl)c3c(c2)OCO3)cn1. The van der Waals surface area contributed by atoms with Crippen molar-refractivity contribution >= 4 is 23.3 Å². The molecule has 2 aromatic rings. The highest BCUT2D eigenvalue weighted by atomic mass is 35.5. The molecule has 0 bridgehead atoms. The van der Waals surface area contributed by atoms with Gasteiger partial charge in [-0.3, -0.25) is 4.79 Å². The molecule has 1 aliphatic heterocycles. The molecule has 0 aliphatic carbocycles. The molecule has 1 amide bonds. The third-order valence-corrected chi connectivity index (χ3v) is 3.47. The normalized spacial score (nSPS) is 12.2. The summed E-state index contributed by atoms with van der Waals surface area (Å²) in [5.41, 5.74) is 7.16. The molecule has 0 spiro atoms. The highest BCUT2D eigenvalue weighted by molar-refractivity contribution is 6.32. The monoisotopic (exact) mass is 319 g/mol. The van der Waals surface area contributed by atoms with E-state index >= 15 is 0 Å². The lowest BCUT2D eigenvalue weighted by Gasteiger charge is -2.07. The number of aromatic nitrogens is 1. The van der Waals surface area contributed by atoms with E-state index in [0.717, 1.165) is 11.1 Å². The molecule has 0 saturated carbocycles. The lowest BCUT2D eigenvalue weighted by molar-refractivity contribution is -0.120. The van der Waals surface area contributed by atoms with Crippen molar-refractivity contribution in [2.75, 3.05) is 12.5 Å². The Morgan fingerprint density at radius 1 is 1.32 bits per heavy atom. The van der Waals surface area contributed by atoms with E-state index in [4.69, 9.17) is 26.8 Å². The number of carbonyl (C=O) groups is 1. The van der Waals surface area contributed by atoms with Crippen molar-refractivity contribution in [2.45, 2.75) is 13.0 Å². The quantitative estimate of drug-likeness (QED) is 0.899. The fraction of sp³-hybridized carbons (Fsp3) is 0.200. The van der Waals surface area contributed by atoms with Crippen molar-refractivity contribution in [2.24, 2.45) is 0 Å². The Hall–Kier alpha value is -2.47. The second-order valence-corrected chi connectivity index (χ2v) is 5.26. The molecule has 2 heterocycles. The van der Waals surface area contributed by atoms with Gasteiger partial charge in [-0.05, 0) is 29.3 Å². The minimum absolute atomic E-state index is 0.119. The third-order valence-electron chi connectivity index (χ3n) is 3.19. The number of rotatable bonds is 4. The van der Waals surface area contributed by atoms with Crippen LogP contribution in [0.3, 0.4) is 0 Å². The largest absolute Gasteiger partial charge is 0.454 e. The maximum atomic E-state index is 12.0. The van der Waals surface area contributed by atoms with Gasteiger partial charge in [0.1, 0.15) is 5.82 Å². The van der Waals surface area contributed by atoms with Gasteiger partial charge in [-0.1, -0.05) is 17.7 Å². The maximum absolute atomic E-state index is 12.0. The van der Waals surface area contributed by atoms with Gasteiger partial charge < -0.3 is 20.5 Å². The van der Waals surface area contributed by atoms with E-state index in [1.54, 1.807) is 24.4 Å². The molecular weight excluding hydrogens is 306 g/mol. The van der Waals surface area contributed by atoms with Crippen molar-refractivity contribution in [3.8, 4) is 11.5 Å². The fourth-order valence-corrected chi connectivity index (χ4v) is 2.40. The van der Waals surface area contributed by atoms with Gasteiger partial charge in [-0.25, -0.2) is 4.98 Å². The smallest absolute Gasteiger partial charge is 0.231 e. The van der Waals surface area contributed by atoms with E-state index < -0.39 is 0 Å². The van der Waals surface area contributed by atoms with E-state index in [2.05, 4.69) is 10.3 Å². The van der Waals surface area contributed by atoms with E-state index in [-0.39, 0.29) is 19.1 Å². The molecule has 0 saturated heterocycles. The molecule has 1 aromatic heterocycles. The first kappa shape index (κ1) is 14.5. The standard InChI is InChI=1S/C15H14ClN3O3/c16-11-3-10(4-12-15(11)22-8-21-12)5-14(20)19-7-9-1-2-13(17)18-6-9/h1-4,6H,5,7-8H2,(H2,17,18)(H,19,20). The Morgan fingerprint density at radius 3 is 2.95 bits per heavy atom. The summed E-state index contributed by atoms with van der Waals surface area (Å²) in [5, 5.41) is 3.26. The van der Waals surface area contributed by atoms with Crippen LogP contribution < -0.4 is 20.5 Å². The first-order valence-electron chi connectivity index (χ1n) is 6.67. The van der Waals surface area contributed by atoms with Crippen molar-refractivity contribution in [1.82, 2.24) is 10.3 Å². The molecule has 6 nitrogen and oxygen atoms in total. The summed E-state index contributed by atoms with van der Waals surface area (Å²) in [7, 11) is 0.